The summed E-state index contributed by atoms with van der Waals surface area (Å²) in [6.07, 6.45) is 0. The second-order valence-electron chi connectivity index (χ2n) is 7.71. The van der Waals surface area contributed by atoms with Gasteiger partial charge in [-0.15, -0.1) is 0 Å². The lowest BCUT2D eigenvalue weighted by Crippen LogP contribution is -2.61. The normalized spacial score (nSPS) is 19.3. The Morgan fingerprint density at radius 2 is 1.60 bits per heavy atom. The number of hydrogen-bond acceptors (Lipinski definition) is 5. The Balaban J connectivity index is 1.69. The van der Waals surface area contributed by atoms with Crippen molar-refractivity contribution in [3.63, 3.8) is 0 Å². The summed E-state index contributed by atoms with van der Waals surface area (Å²) >= 11 is 0. The van der Waals surface area contributed by atoms with E-state index >= 15 is 0 Å². The number of benzene rings is 3. The lowest BCUT2D eigenvalue weighted by Gasteiger charge is -2.43. The van der Waals surface area contributed by atoms with E-state index in [1.54, 1.807) is 0 Å². The number of nitrogens with zero attached hydrogens (tertiary/aromatic N) is 3. The molecule has 0 spiro atoms. The Hall–Kier alpha value is -3.67. The third-order valence-corrected chi connectivity index (χ3v) is 5.67. The van der Waals surface area contributed by atoms with Gasteiger partial charge in [-0.1, -0.05) is 66.7 Å². The first-order valence-electron chi connectivity index (χ1n) is 10.1. The number of nitrogens with one attached hydrogen (secondary N) is 1. The van der Waals surface area contributed by atoms with Crippen LogP contribution in [0.15, 0.2) is 83.5 Å². The van der Waals surface area contributed by atoms with Gasteiger partial charge in [-0.2, -0.15) is 0 Å². The maximum atomic E-state index is 13.4. The van der Waals surface area contributed by atoms with Gasteiger partial charge in [0.1, 0.15) is 11.6 Å². The fourth-order valence-corrected chi connectivity index (χ4v) is 4.40. The Morgan fingerprint density at radius 3 is 2.27 bits per heavy atom. The van der Waals surface area contributed by atoms with E-state index in [2.05, 4.69) is 44.8 Å². The number of fused-ring (bicyclic) bond motifs is 1. The topological polar surface area (TPSA) is 71.3 Å². The fourth-order valence-electron chi connectivity index (χ4n) is 4.40. The molecule has 2 heterocycles. The predicted octanol–water partition coefficient (Wildman–Crippen LogP) is 3.75. The van der Waals surface area contributed by atoms with Gasteiger partial charge in [0.2, 0.25) is 5.91 Å². The van der Waals surface area contributed by atoms with Crippen LogP contribution in [0.4, 0.5) is 5.69 Å². The average Bonchev–Trinajstić information content (AvgIpc) is 3.26. The van der Waals surface area contributed by atoms with Crippen LogP contribution in [0.25, 0.3) is 11.0 Å². The smallest absolute Gasteiger partial charge is 0.243 e. The lowest BCUT2D eigenvalue weighted by atomic mass is 9.82. The average molecular weight is 398 g/mol. The number of carbonyl (C=O) groups excluding carboxylic acids is 1. The molecule has 1 aliphatic rings. The number of aromatic nitrogens is 2. The molecule has 30 heavy (non-hydrogen) atoms. The zero-order valence-corrected chi connectivity index (χ0v) is 16.6. The molecule has 2 unspecified atom stereocenters. The number of piperazine rings is 1. The molecule has 0 aliphatic carbocycles. The molecular weight excluding hydrogens is 376 g/mol. The molecular formula is C24H22N4O2. The highest BCUT2D eigenvalue weighted by Gasteiger charge is 2.41. The number of carbonyl (C=O) groups is 1. The summed E-state index contributed by atoms with van der Waals surface area (Å²) in [5, 5.41) is 11.3. The van der Waals surface area contributed by atoms with E-state index in [4.69, 9.17) is 4.63 Å². The zero-order chi connectivity index (χ0) is 20.5. The molecule has 0 radical (unpaired) electrons. The molecule has 1 N–H and O–H groups in total. The number of amides is 1. The summed E-state index contributed by atoms with van der Waals surface area (Å²) in [6.45, 7) is 2.68. The van der Waals surface area contributed by atoms with E-state index in [1.807, 2.05) is 61.5 Å². The Kier molecular flexibility index (Phi) is 4.67. The van der Waals surface area contributed by atoms with Crippen molar-refractivity contribution >= 4 is 22.6 Å². The van der Waals surface area contributed by atoms with Crippen molar-refractivity contribution in [2.24, 2.45) is 0 Å². The van der Waals surface area contributed by atoms with Crippen LogP contribution >= 0.6 is 0 Å². The quantitative estimate of drug-likeness (QED) is 0.567. The van der Waals surface area contributed by atoms with Gasteiger partial charge in [0, 0.05) is 18.5 Å². The van der Waals surface area contributed by atoms with E-state index in [-0.39, 0.29) is 17.9 Å². The second-order valence-corrected chi connectivity index (χ2v) is 7.71. The molecule has 1 fully saturated rings. The number of anilines is 1. The summed E-state index contributed by atoms with van der Waals surface area (Å²) in [5.41, 5.74) is 4.39. The van der Waals surface area contributed by atoms with Gasteiger partial charge in [0.25, 0.3) is 0 Å². The maximum Gasteiger partial charge on any atom is 0.243 e. The molecule has 6 heteroatoms. The van der Waals surface area contributed by atoms with Crippen molar-refractivity contribution in [1.29, 1.82) is 0 Å². The van der Waals surface area contributed by atoms with E-state index in [1.165, 1.54) is 0 Å². The van der Waals surface area contributed by atoms with Crippen LogP contribution in [0.5, 0.6) is 0 Å². The second kappa shape index (κ2) is 7.63. The Morgan fingerprint density at radius 1 is 0.933 bits per heavy atom. The van der Waals surface area contributed by atoms with Gasteiger partial charge in [0.15, 0.2) is 5.52 Å². The summed E-state index contributed by atoms with van der Waals surface area (Å²) < 4.78 is 4.99. The molecule has 0 bridgehead atoms. The first kappa shape index (κ1) is 18.4. The summed E-state index contributed by atoms with van der Waals surface area (Å²) in [5.74, 6) is -0.144. The molecule has 1 aliphatic heterocycles. The summed E-state index contributed by atoms with van der Waals surface area (Å²) in [7, 11) is 0. The number of rotatable bonds is 4. The maximum absolute atomic E-state index is 13.4. The van der Waals surface area contributed by atoms with Crippen LogP contribution in [0, 0.1) is 0 Å². The van der Waals surface area contributed by atoms with Crippen molar-refractivity contribution in [2.75, 3.05) is 11.4 Å². The molecule has 5 rings (SSSR count). The molecule has 1 amide bonds. The SMILES string of the molecule is CC1CN(c2cccc3nonc23)C(C(c2ccccc2)c2ccccc2)C(=O)N1. The minimum Gasteiger partial charge on any atom is -0.355 e. The highest BCUT2D eigenvalue weighted by Crippen LogP contribution is 2.37. The Labute approximate surface area is 174 Å². The van der Waals surface area contributed by atoms with E-state index in [0.29, 0.717) is 17.6 Å². The molecule has 4 aromatic rings. The molecule has 3 aromatic carbocycles. The molecule has 150 valence electrons. The van der Waals surface area contributed by atoms with Crippen LogP contribution in [-0.4, -0.2) is 34.8 Å². The molecule has 6 nitrogen and oxygen atoms in total. The fraction of sp³-hybridized carbons (Fsp3) is 0.208. The highest BCUT2D eigenvalue weighted by molar-refractivity contribution is 5.94. The van der Waals surface area contributed by atoms with Crippen molar-refractivity contribution in [1.82, 2.24) is 15.6 Å². The largest absolute Gasteiger partial charge is 0.355 e. The first-order chi connectivity index (χ1) is 14.7. The van der Waals surface area contributed by atoms with E-state index in [9.17, 15) is 4.79 Å². The number of hydrogen-bond donors (Lipinski definition) is 1. The zero-order valence-electron chi connectivity index (χ0n) is 16.6. The van der Waals surface area contributed by atoms with Gasteiger partial charge in [0.05, 0.1) is 5.69 Å². The minimum absolute atomic E-state index is 0.0000803. The van der Waals surface area contributed by atoms with Gasteiger partial charge in [-0.3, -0.25) is 4.79 Å². The lowest BCUT2D eigenvalue weighted by molar-refractivity contribution is -0.124. The summed E-state index contributed by atoms with van der Waals surface area (Å²) in [4.78, 5) is 15.6. The monoisotopic (exact) mass is 398 g/mol. The molecule has 2 atom stereocenters. The predicted molar refractivity (Wildman–Crippen MR) is 115 cm³/mol. The van der Waals surface area contributed by atoms with Crippen molar-refractivity contribution in [2.45, 2.75) is 24.9 Å². The van der Waals surface area contributed by atoms with E-state index in [0.717, 1.165) is 16.8 Å². The van der Waals surface area contributed by atoms with Crippen molar-refractivity contribution in [3.05, 3.63) is 90.0 Å². The first-order valence-corrected chi connectivity index (χ1v) is 10.1. The molecule has 0 saturated carbocycles. The van der Waals surface area contributed by atoms with Gasteiger partial charge < -0.3 is 10.2 Å². The van der Waals surface area contributed by atoms with Gasteiger partial charge in [-0.25, -0.2) is 4.63 Å². The van der Waals surface area contributed by atoms with Crippen LogP contribution in [0.3, 0.4) is 0 Å². The standard InChI is InChI=1S/C24H22N4O2/c1-16-15-28(20-14-8-13-19-22(20)27-30-26-19)23(24(29)25-16)21(17-9-4-2-5-10-17)18-11-6-3-7-12-18/h2-14,16,21,23H,15H2,1H3,(H,25,29). The molecule has 1 aromatic heterocycles. The van der Waals surface area contributed by atoms with Crippen molar-refractivity contribution < 1.29 is 9.42 Å². The third-order valence-electron chi connectivity index (χ3n) is 5.67. The van der Waals surface area contributed by atoms with Crippen LogP contribution in [-0.2, 0) is 4.79 Å². The van der Waals surface area contributed by atoms with Gasteiger partial charge >= 0.3 is 0 Å². The van der Waals surface area contributed by atoms with Crippen molar-refractivity contribution in [3.8, 4) is 0 Å². The van der Waals surface area contributed by atoms with Gasteiger partial charge in [-0.05, 0) is 40.5 Å². The van der Waals surface area contributed by atoms with Crippen LogP contribution in [0.2, 0.25) is 0 Å². The van der Waals surface area contributed by atoms with E-state index < -0.39 is 6.04 Å². The Bertz CT molecular complexity index is 1120. The highest BCUT2D eigenvalue weighted by atomic mass is 16.6. The minimum atomic E-state index is -0.437. The third kappa shape index (κ3) is 3.20. The van der Waals surface area contributed by atoms with Crippen LogP contribution in [0.1, 0.15) is 24.0 Å². The summed E-state index contributed by atoms with van der Waals surface area (Å²) in [6, 6.07) is 25.7. The molecule has 1 saturated heterocycles. The van der Waals surface area contributed by atoms with Crippen LogP contribution < -0.4 is 10.2 Å².